The number of H-pyrrole nitrogens is 1. The normalized spacial score (nSPS) is 12.0. The first-order valence-corrected chi connectivity index (χ1v) is 8.35. The molecule has 0 aliphatic heterocycles. The zero-order valence-corrected chi connectivity index (χ0v) is 15.0. The molecule has 0 saturated heterocycles. The Morgan fingerprint density at radius 1 is 1.41 bits per heavy atom. The monoisotopic (exact) mass is 390 g/mol. The quantitative estimate of drug-likeness (QED) is 0.513. The third-order valence-electron chi connectivity index (χ3n) is 3.99. The molecule has 4 N–H and O–H groups in total. The van der Waals surface area contributed by atoms with Gasteiger partial charge in [-0.25, -0.2) is 19.2 Å². The number of aromatic carboxylic acids is 1. The van der Waals surface area contributed by atoms with E-state index in [1.54, 1.807) is 19.3 Å². The molecular formula is C18H16ClFN4O3. The van der Waals surface area contributed by atoms with Crippen molar-refractivity contribution in [2.75, 3.05) is 11.9 Å². The maximum atomic E-state index is 13.4. The fourth-order valence-electron chi connectivity index (χ4n) is 2.58. The molecule has 0 bridgehead atoms. The molecule has 1 aromatic carbocycles. The van der Waals surface area contributed by atoms with Gasteiger partial charge in [0.25, 0.3) is 0 Å². The van der Waals surface area contributed by atoms with Gasteiger partial charge < -0.3 is 20.5 Å². The van der Waals surface area contributed by atoms with E-state index in [9.17, 15) is 14.3 Å². The number of aryl methyl sites for hydroxylation is 1. The van der Waals surface area contributed by atoms with Crippen molar-refractivity contribution in [3.05, 3.63) is 64.3 Å². The molecule has 7 nitrogen and oxygen atoms in total. The number of carboxylic acids is 1. The fraction of sp³-hybridized carbons (Fsp3) is 0.167. The van der Waals surface area contributed by atoms with Gasteiger partial charge in [0.15, 0.2) is 0 Å². The number of aromatic nitrogens is 3. The summed E-state index contributed by atoms with van der Waals surface area (Å²) in [5.41, 5.74) is 2.52. The van der Waals surface area contributed by atoms with Crippen molar-refractivity contribution in [1.82, 2.24) is 15.0 Å². The van der Waals surface area contributed by atoms with Crippen LogP contribution in [0.2, 0.25) is 5.02 Å². The van der Waals surface area contributed by atoms with Crippen LogP contribution in [0.5, 0.6) is 0 Å². The maximum absolute atomic E-state index is 13.4. The molecule has 0 amide bonds. The van der Waals surface area contributed by atoms with Crippen LogP contribution in [-0.2, 0) is 0 Å². The Bertz CT molecular complexity index is 992. The summed E-state index contributed by atoms with van der Waals surface area (Å²) in [6.07, 6.45) is 3.13. The van der Waals surface area contributed by atoms with Gasteiger partial charge in [0.2, 0.25) is 5.95 Å². The number of anilines is 1. The highest BCUT2D eigenvalue weighted by atomic mass is 35.5. The summed E-state index contributed by atoms with van der Waals surface area (Å²) >= 11 is 5.80. The van der Waals surface area contributed by atoms with E-state index in [4.69, 9.17) is 16.7 Å². The number of rotatable bonds is 6. The number of aliphatic hydroxyl groups excluding tert-OH is 1. The minimum absolute atomic E-state index is 0.0479. The van der Waals surface area contributed by atoms with Crippen molar-refractivity contribution in [3.8, 4) is 11.3 Å². The lowest BCUT2D eigenvalue weighted by Crippen LogP contribution is -2.17. The summed E-state index contributed by atoms with van der Waals surface area (Å²) in [6, 6.07) is 5.03. The molecule has 0 fully saturated rings. The van der Waals surface area contributed by atoms with E-state index < -0.39 is 17.8 Å². The van der Waals surface area contributed by atoms with E-state index in [1.165, 1.54) is 24.3 Å². The number of carboxylic acid groups (broad SMARTS) is 1. The van der Waals surface area contributed by atoms with Gasteiger partial charge in [-0.2, -0.15) is 0 Å². The number of nitrogens with zero attached hydrogens (tertiary/aromatic N) is 2. The first kappa shape index (κ1) is 18.8. The summed E-state index contributed by atoms with van der Waals surface area (Å²) in [4.78, 5) is 22.3. The van der Waals surface area contributed by atoms with Gasteiger partial charge in [0, 0.05) is 18.0 Å². The standard InChI is InChI=1S/C18H16ClFN4O3/c1-9-6-22-18(24-16(9)11-5-14(17(26)27)21-7-11)23-15(8-25)10-2-3-13(20)12(19)4-10/h2-7,15,21,25H,8H2,1H3,(H,26,27)(H,22,23,24). The van der Waals surface area contributed by atoms with E-state index in [0.717, 1.165) is 5.56 Å². The van der Waals surface area contributed by atoms with E-state index in [-0.39, 0.29) is 23.3 Å². The second-order valence-electron chi connectivity index (χ2n) is 5.89. The smallest absolute Gasteiger partial charge is 0.352 e. The van der Waals surface area contributed by atoms with E-state index >= 15 is 0 Å². The highest BCUT2D eigenvalue weighted by molar-refractivity contribution is 6.30. The number of halogens is 2. The first-order valence-electron chi connectivity index (χ1n) is 7.97. The lowest BCUT2D eigenvalue weighted by molar-refractivity contribution is 0.0691. The lowest BCUT2D eigenvalue weighted by Gasteiger charge is -2.18. The van der Waals surface area contributed by atoms with Crippen LogP contribution in [0, 0.1) is 12.7 Å². The van der Waals surface area contributed by atoms with Crippen LogP contribution >= 0.6 is 11.6 Å². The lowest BCUT2D eigenvalue weighted by atomic mass is 10.1. The van der Waals surface area contributed by atoms with Crippen LogP contribution in [0.1, 0.15) is 27.7 Å². The second-order valence-corrected chi connectivity index (χ2v) is 6.29. The number of hydrogen-bond donors (Lipinski definition) is 4. The van der Waals surface area contributed by atoms with Crippen molar-refractivity contribution in [1.29, 1.82) is 0 Å². The third-order valence-corrected chi connectivity index (χ3v) is 4.28. The molecule has 0 aliphatic rings. The maximum Gasteiger partial charge on any atom is 0.352 e. The van der Waals surface area contributed by atoms with Gasteiger partial charge in [-0.15, -0.1) is 0 Å². The molecule has 9 heteroatoms. The van der Waals surface area contributed by atoms with Gasteiger partial charge in [0.1, 0.15) is 11.5 Å². The Morgan fingerprint density at radius 2 is 2.19 bits per heavy atom. The van der Waals surface area contributed by atoms with E-state index in [0.29, 0.717) is 16.8 Å². The molecule has 2 aromatic heterocycles. The number of aromatic amines is 1. The summed E-state index contributed by atoms with van der Waals surface area (Å²) < 4.78 is 13.4. The van der Waals surface area contributed by atoms with Crippen LogP contribution in [0.25, 0.3) is 11.3 Å². The molecular weight excluding hydrogens is 375 g/mol. The summed E-state index contributed by atoms with van der Waals surface area (Å²) in [6.45, 7) is 1.51. The Labute approximate surface area is 158 Å². The van der Waals surface area contributed by atoms with E-state index in [1.807, 2.05) is 0 Å². The largest absolute Gasteiger partial charge is 0.477 e. The number of carbonyl (C=O) groups is 1. The Balaban J connectivity index is 1.90. The molecule has 140 valence electrons. The van der Waals surface area contributed by atoms with Crippen molar-refractivity contribution >= 4 is 23.5 Å². The average Bonchev–Trinajstić information content (AvgIpc) is 3.13. The zero-order chi connectivity index (χ0) is 19.6. The molecule has 0 saturated carbocycles. The second kappa shape index (κ2) is 7.73. The summed E-state index contributed by atoms with van der Waals surface area (Å²) in [7, 11) is 0. The average molecular weight is 391 g/mol. The number of benzene rings is 1. The first-order chi connectivity index (χ1) is 12.9. The molecule has 1 atom stereocenters. The van der Waals surface area contributed by atoms with Gasteiger partial charge in [0.05, 0.1) is 23.4 Å². The van der Waals surface area contributed by atoms with Crippen molar-refractivity contribution in [2.24, 2.45) is 0 Å². The van der Waals surface area contributed by atoms with Gasteiger partial charge in [-0.1, -0.05) is 17.7 Å². The predicted octanol–water partition coefficient (Wildman–Crippen LogP) is 3.42. The van der Waals surface area contributed by atoms with Crippen molar-refractivity contribution in [2.45, 2.75) is 13.0 Å². The summed E-state index contributed by atoms with van der Waals surface area (Å²) in [5.74, 6) is -1.39. The third kappa shape index (κ3) is 4.07. The van der Waals surface area contributed by atoms with Crippen LogP contribution in [0.3, 0.4) is 0 Å². The molecule has 0 radical (unpaired) electrons. The Kier molecular flexibility index (Phi) is 5.38. The molecule has 1 unspecified atom stereocenters. The number of nitrogens with one attached hydrogen (secondary N) is 2. The zero-order valence-electron chi connectivity index (χ0n) is 14.2. The highest BCUT2D eigenvalue weighted by Crippen LogP contribution is 2.26. The topological polar surface area (TPSA) is 111 Å². The Morgan fingerprint density at radius 3 is 2.81 bits per heavy atom. The summed E-state index contributed by atoms with van der Waals surface area (Å²) in [5, 5.41) is 21.7. The van der Waals surface area contributed by atoms with Gasteiger partial charge in [-0.05, 0) is 36.2 Å². The van der Waals surface area contributed by atoms with E-state index in [2.05, 4.69) is 20.3 Å². The Hall–Kier alpha value is -2.97. The van der Waals surface area contributed by atoms with Crippen LogP contribution < -0.4 is 5.32 Å². The molecule has 3 rings (SSSR count). The van der Waals surface area contributed by atoms with Crippen LogP contribution in [0.4, 0.5) is 10.3 Å². The van der Waals surface area contributed by atoms with Crippen LogP contribution in [-0.4, -0.2) is 37.7 Å². The van der Waals surface area contributed by atoms with Gasteiger partial charge in [-0.3, -0.25) is 0 Å². The molecule has 0 aliphatic carbocycles. The fourth-order valence-corrected chi connectivity index (χ4v) is 2.77. The van der Waals surface area contributed by atoms with Crippen molar-refractivity contribution in [3.63, 3.8) is 0 Å². The molecule has 27 heavy (non-hydrogen) atoms. The number of hydrogen-bond acceptors (Lipinski definition) is 5. The van der Waals surface area contributed by atoms with Crippen molar-refractivity contribution < 1.29 is 19.4 Å². The van der Waals surface area contributed by atoms with Crippen LogP contribution in [0.15, 0.2) is 36.7 Å². The van der Waals surface area contributed by atoms with Gasteiger partial charge >= 0.3 is 5.97 Å². The molecule has 2 heterocycles. The highest BCUT2D eigenvalue weighted by Gasteiger charge is 2.16. The minimum Gasteiger partial charge on any atom is -0.477 e. The minimum atomic E-state index is -1.07. The molecule has 0 spiro atoms. The predicted molar refractivity (Wildman–Crippen MR) is 98.4 cm³/mol. The SMILES string of the molecule is Cc1cnc(NC(CO)c2ccc(F)c(Cl)c2)nc1-c1c[nH]c(C(=O)O)c1. The molecule has 3 aromatic rings. The number of aliphatic hydroxyl groups is 1.